The number of esters is 1. The molecule has 2 aromatic rings. The molecule has 1 aliphatic carbocycles. The third kappa shape index (κ3) is 4.36. The van der Waals surface area contributed by atoms with Gasteiger partial charge in [-0.2, -0.15) is 0 Å². The normalized spacial score (nSPS) is 19.7. The van der Waals surface area contributed by atoms with E-state index in [2.05, 4.69) is 5.32 Å². The predicted molar refractivity (Wildman–Crippen MR) is 127 cm³/mol. The van der Waals surface area contributed by atoms with Crippen LogP contribution < -0.4 is 19.5 Å². The Morgan fingerprint density at radius 3 is 2.11 bits per heavy atom. The highest BCUT2D eigenvalue weighted by Gasteiger charge is 2.42. The highest BCUT2D eigenvalue weighted by molar-refractivity contribution is 6.04. The maximum atomic E-state index is 13.6. The van der Waals surface area contributed by atoms with Gasteiger partial charge in [0, 0.05) is 29.3 Å². The standard InChI is InChI=1S/C27H28FNO6/c1-14-23(27(31)35-5)24(17-12-21(32-2)26(34-4)22(13-17)33-3)25-19(29-14)10-16(11-20(25)30)15-6-8-18(28)9-7-15/h6-9,12-13,16,24,29H,10-11H2,1-5H3/t16-,24+/m1/s1. The lowest BCUT2D eigenvalue weighted by Crippen LogP contribution is -2.36. The molecule has 0 spiro atoms. The van der Waals surface area contributed by atoms with Crippen molar-refractivity contribution in [3.63, 3.8) is 0 Å². The van der Waals surface area contributed by atoms with Crippen LogP contribution in [-0.4, -0.2) is 40.2 Å². The number of carbonyl (C=O) groups is 2. The number of halogens is 1. The minimum absolute atomic E-state index is 0.0965. The summed E-state index contributed by atoms with van der Waals surface area (Å²) >= 11 is 0. The van der Waals surface area contributed by atoms with Crippen molar-refractivity contribution in [2.45, 2.75) is 31.6 Å². The van der Waals surface area contributed by atoms with Crippen molar-refractivity contribution in [3.05, 3.63) is 75.9 Å². The molecule has 1 aliphatic heterocycles. The van der Waals surface area contributed by atoms with E-state index in [0.29, 0.717) is 46.1 Å². The molecule has 184 valence electrons. The second-order valence-electron chi connectivity index (χ2n) is 8.52. The largest absolute Gasteiger partial charge is 0.493 e. The number of allylic oxidation sites excluding steroid dienone is 3. The van der Waals surface area contributed by atoms with Crippen molar-refractivity contribution < 1.29 is 32.9 Å². The van der Waals surface area contributed by atoms with E-state index in [1.54, 1.807) is 31.2 Å². The molecule has 0 fully saturated rings. The number of methoxy groups -OCH3 is 4. The number of nitrogens with one attached hydrogen (secondary N) is 1. The maximum Gasteiger partial charge on any atom is 0.336 e. The van der Waals surface area contributed by atoms with E-state index < -0.39 is 11.9 Å². The molecular weight excluding hydrogens is 453 g/mol. The first-order chi connectivity index (χ1) is 16.8. The summed E-state index contributed by atoms with van der Waals surface area (Å²) in [5, 5.41) is 3.28. The quantitative estimate of drug-likeness (QED) is 0.613. The summed E-state index contributed by atoms with van der Waals surface area (Å²) in [6.45, 7) is 1.78. The van der Waals surface area contributed by atoms with Crippen LogP contribution in [0.1, 0.15) is 42.7 Å². The van der Waals surface area contributed by atoms with E-state index in [4.69, 9.17) is 18.9 Å². The van der Waals surface area contributed by atoms with Crippen molar-refractivity contribution >= 4 is 11.8 Å². The topological polar surface area (TPSA) is 83.1 Å². The van der Waals surface area contributed by atoms with Crippen LogP contribution in [0, 0.1) is 5.82 Å². The van der Waals surface area contributed by atoms with Crippen molar-refractivity contribution in [2.75, 3.05) is 28.4 Å². The molecule has 1 heterocycles. The number of rotatable bonds is 6. The first-order valence-corrected chi connectivity index (χ1v) is 11.2. The molecule has 8 heteroatoms. The lowest BCUT2D eigenvalue weighted by atomic mass is 9.71. The summed E-state index contributed by atoms with van der Waals surface area (Å²) < 4.78 is 35.0. The van der Waals surface area contributed by atoms with E-state index in [9.17, 15) is 14.0 Å². The molecular formula is C27H28FNO6. The monoisotopic (exact) mass is 481 g/mol. The Morgan fingerprint density at radius 2 is 1.57 bits per heavy atom. The molecule has 2 aromatic carbocycles. The van der Waals surface area contributed by atoms with Crippen LogP contribution in [-0.2, 0) is 14.3 Å². The highest BCUT2D eigenvalue weighted by Crippen LogP contribution is 2.49. The first kappa shape index (κ1) is 24.3. The zero-order chi connectivity index (χ0) is 25.3. The molecule has 0 unspecified atom stereocenters. The minimum Gasteiger partial charge on any atom is -0.493 e. The van der Waals surface area contributed by atoms with Crippen LogP contribution in [0.4, 0.5) is 4.39 Å². The summed E-state index contributed by atoms with van der Waals surface area (Å²) in [7, 11) is 5.84. The van der Waals surface area contributed by atoms with Crippen molar-refractivity contribution in [3.8, 4) is 17.2 Å². The molecule has 0 saturated heterocycles. The number of hydrogen-bond donors (Lipinski definition) is 1. The van der Waals surface area contributed by atoms with Gasteiger partial charge in [-0.25, -0.2) is 9.18 Å². The second-order valence-corrected chi connectivity index (χ2v) is 8.52. The molecule has 0 bridgehead atoms. The van der Waals surface area contributed by atoms with Gasteiger partial charge in [0.1, 0.15) is 5.82 Å². The fraction of sp³-hybridized carbons (Fsp3) is 0.333. The number of ether oxygens (including phenoxy) is 4. The molecule has 0 aromatic heterocycles. The Balaban J connectivity index is 1.87. The van der Waals surface area contributed by atoms with E-state index in [0.717, 1.165) is 11.3 Å². The summed E-state index contributed by atoms with van der Waals surface area (Å²) in [4.78, 5) is 26.5. The third-order valence-corrected chi connectivity index (χ3v) is 6.59. The molecule has 35 heavy (non-hydrogen) atoms. The first-order valence-electron chi connectivity index (χ1n) is 11.2. The van der Waals surface area contributed by atoms with Crippen molar-refractivity contribution in [1.29, 1.82) is 0 Å². The van der Waals surface area contributed by atoms with Gasteiger partial charge in [-0.1, -0.05) is 12.1 Å². The van der Waals surface area contributed by atoms with Gasteiger partial charge in [0.05, 0.1) is 34.0 Å². The van der Waals surface area contributed by atoms with Gasteiger partial charge in [0.15, 0.2) is 17.3 Å². The molecule has 1 N–H and O–H groups in total. The van der Waals surface area contributed by atoms with Gasteiger partial charge in [0.25, 0.3) is 0 Å². The van der Waals surface area contributed by atoms with Crippen LogP contribution >= 0.6 is 0 Å². The summed E-state index contributed by atoms with van der Waals surface area (Å²) in [6, 6.07) is 9.71. The van der Waals surface area contributed by atoms with Gasteiger partial charge >= 0.3 is 5.97 Å². The smallest absolute Gasteiger partial charge is 0.336 e. The second kappa shape index (κ2) is 9.82. The number of benzene rings is 2. The average molecular weight is 482 g/mol. The van der Waals surface area contributed by atoms with Crippen molar-refractivity contribution in [1.82, 2.24) is 5.32 Å². The van der Waals surface area contributed by atoms with E-state index in [1.165, 1.54) is 40.6 Å². The van der Waals surface area contributed by atoms with Gasteiger partial charge in [-0.3, -0.25) is 4.79 Å². The average Bonchev–Trinajstić information content (AvgIpc) is 2.86. The molecule has 4 rings (SSSR count). The van der Waals surface area contributed by atoms with Gasteiger partial charge in [-0.05, 0) is 54.7 Å². The Bertz CT molecular complexity index is 1210. The number of hydrogen-bond acceptors (Lipinski definition) is 7. The van der Waals surface area contributed by atoms with Crippen LogP contribution in [0.15, 0.2) is 58.9 Å². The third-order valence-electron chi connectivity index (χ3n) is 6.59. The minimum atomic E-state index is -0.686. The Morgan fingerprint density at radius 1 is 0.943 bits per heavy atom. The zero-order valence-electron chi connectivity index (χ0n) is 20.4. The van der Waals surface area contributed by atoms with Crippen LogP contribution in [0.3, 0.4) is 0 Å². The number of carbonyl (C=O) groups excluding carboxylic acids is 2. The SMILES string of the molecule is COC(=O)C1=C(C)NC2=C(C(=O)C[C@H](c3ccc(F)cc3)C2)[C@H]1c1cc(OC)c(OC)c(OC)c1. The predicted octanol–water partition coefficient (Wildman–Crippen LogP) is 4.39. The summed E-state index contributed by atoms with van der Waals surface area (Å²) in [6.07, 6.45) is 0.778. The molecule has 2 aliphatic rings. The van der Waals surface area contributed by atoms with Crippen LogP contribution in [0.5, 0.6) is 17.2 Å². The number of dihydropyridines is 1. The van der Waals surface area contributed by atoms with Crippen LogP contribution in [0.2, 0.25) is 0 Å². The highest BCUT2D eigenvalue weighted by atomic mass is 19.1. The number of Topliss-reactive ketones (excluding diaryl/α,β-unsaturated/α-hetero) is 1. The lowest BCUT2D eigenvalue weighted by molar-refractivity contribution is -0.136. The summed E-state index contributed by atoms with van der Waals surface area (Å²) in [5.74, 6) is -0.510. The van der Waals surface area contributed by atoms with Gasteiger partial charge in [-0.15, -0.1) is 0 Å². The van der Waals surface area contributed by atoms with E-state index in [-0.39, 0.29) is 23.9 Å². The van der Waals surface area contributed by atoms with Gasteiger partial charge in [0.2, 0.25) is 5.75 Å². The lowest BCUT2D eigenvalue weighted by Gasteiger charge is -2.36. The molecule has 0 saturated carbocycles. The Hall–Kier alpha value is -3.81. The molecule has 0 amide bonds. The van der Waals surface area contributed by atoms with Crippen molar-refractivity contribution in [2.24, 2.45) is 0 Å². The molecule has 2 atom stereocenters. The van der Waals surface area contributed by atoms with Gasteiger partial charge < -0.3 is 24.3 Å². The Kier molecular flexibility index (Phi) is 6.82. The zero-order valence-corrected chi connectivity index (χ0v) is 20.4. The van der Waals surface area contributed by atoms with Crippen LogP contribution in [0.25, 0.3) is 0 Å². The fourth-order valence-electron chi connectivity index (χ4n) is 4.99. The fourth-order valence-corrected chi connectivity index (χ4v) is 4.99. The molecule has 0 radical (unpaired) electrons. The van der Waals surface area contributed by atoms with E-state index in [1.807, 2.05) is 0 Å². The Labute approximate surface area is 203 Å². The van der Waals surface area contributed by atoms with E-state index >= 15 is 0 Å². The molecule has 7 nitrogen and oxygen atoms in total. The maximum absolute atomic E-state index is 13.6. The summed E-state index contributed by atoms with van der Waals surface area (Å²) in [5.41, 5.74) is 3.71. The number of ketones is 1.